The molecule has 0 fully saturated rings. The Morgan fingerprint density at radius 1 is 1.56 bits per heavy atom. The molecule has 1 rings (SSSR count). The highest BCUT2D eigenvalue weighted by Crippen LogP contribution is 2.26. The van der Waals surface area contributed by atoms with Crippen molar-refractivity contribution < 1.29 is 18.4 Å². The van der Waals surface area contributed by atoms with Crippen molar-refractivity contribution in [1.82, 2.24) is 0 Å². The molecular weight excluding hydrogens is 262 g/mol. The number of hydrogen-bond donors (Lipinski definition) is 3. The van der Waals surface area contributed by atoms with Gasteiger partial charge in [0.25, 0.3) is 5.69 Å². The average Bonchev–Trinajstić information content (AvgIpc) is 2.24. The Kier molecular flexibility index (Phi) is 4.22. The van der Waals surface area contributed by atoms with E-state index in [1.54, 1.807) is 0 Å². The van der Waals surface area contributed by atoms with Crippen LogP contribution in [0.3, 0.4) is 0 Å². The fourth-order valence-electron chi connectivity index (χ4n) is 1.25. The molecule has 0 heterocycles. The lowest BCUT2D eigenvalue weighted by molar-refractivity contribution is -0.384. The third-order valence-corrected chi connectivity index (χ3v) is 2.99. The zero-order chi connectivity index (χ0) is 13.9. The lowest BCUT2D eigenvalue weighted by atomic mass is 10.2. The van der Waals surface area contributed by atoms with Gasteiger partial charge in [-0.25, -0.2) is 13.6 Å². The number of nitro benzene ring substituents is 1. The van der Waals surface area contributed by atoms with Gasteiger partial charge in [0.2, 0.25) is 10.0 Å². The molecule has 0 aliphatic heterocycles. The smallest absolute Gasteiger partial charge is 0.293 e. The van der Waals surface area contributed by atoms with Crippen molar-refractivity contribution in [2.24, 2.45) is 5.14 Å². The number of benzene rings is 1. The quantitative estimate of drug-likeness (QED) is 0.512. The van der Waals surface area contributed by atoms with Crippen molar-refractivity contribution in [3.8, 4) is 0 Å². The Morgan fingerprint density at radius 3 is 2.61 bits per heavy atom. The second-order valence-corrected chi connectivity index (χ2v) is 5.27. The van der Waals surface area contributed by atoms with E-state index < -0.39 is 26.7 Å². The predicted molar refractivity (Wildman–Crippen MR) is 64.6 cm³/mol. The van der Waals surface area contributed by atoms with Crippen LogP contribution in [0.5, 0.6) is 0 Å². The first-order valence-electron chi connectivity index (χ1n) is 4.95. The molecule has 100 valence electrons. The maximum atomic E-state index is 11.1. The van der Waals surface area contributed by atoms with Crippen molar-refractivity contribution >= 4 is 21.4 Å². The molecule has 1 atom stereocenters. The number of aliphatic hydroxyl groups excluding tert-OH is 1. The maximum absolute atomic E-state index is 11.1. The lowest BCUT2D eigenvalue weighted by Gasteiger charge is -2.09. The van der Waals surface area contributed by atoms with E-state index >= 15 is 0 Å². The Hall–Kier alpha value is -1.71. The van der Waals surface area contributed by atoms with E-state index in [-0.39, 0.29) is 17.1 Å². The fraction of sp³-hybridized carbons (Fsp3) is 0.333. The van der Waals surface area contributed by atoms with Crippen LogP contribution < -0.4 is 10.5 Å². The summed E-state index contributed by atoms with van der Waals surface area (Å²) in [5.41, 5.74) is -0.296. The van der Waals surface area contributed by atoms with Gasteiger partial charge in [0, 0.05) is 12.6 Å². The number of nitro groups is 1. The van der Waals surface area contributed by atoms with Gasteiger partial charge in [-0.05, 0) is 19.1 Å². The van der Waals surface area contributed by atoms with Gasteiger partial charge in [0.15, 0.2) is 0 Å². The van der Waals surface area contributed by atoms with E-state index in [0.717, 1.165) is 12.1 Å². The molecule has 0 aliphatic carbocycles. The van der Waals surface area contributed by atoms with Gasteiger partial charge in [0.1, 0.15) is 5.69 Å². The summed E-state index contributed by atoms with van der Waals surface area (Å²) < 4.78 is 22.2. The van der Waals surface area contributed by atoms with E-state index in [1.807, 2.05) is 0 Å². The molecule has 4 N–H and O–H groups in total. The second kappa shape index (κ2) is 5.29. The predicted octanol–water partition coefficient (Wildman–Crippen LogP) is 0.0349. The summed E-state index contributed by atoms with van der Waals surface area (Å²) >= 11 is 0. The Labute approximate surface area is 104 Å². The number of hydrogen-bond acceptors (Lipinski definition) is 6. The first-order valence-corrected chi connectivity index (χ1v) is 6.49. The molecule has 1 aromatic rings. The van der Waals surface area contributed by atoms with Crippen LogP contribution in [0, 0.1) is 10.1 Å². The molecule has 0 radical (unpaired) electrons. The van der Waals surface area contributed by atoms with Crippen molar-refractivity contribution in [2.45, 2.75) is 17.9 Å². The molecule has 0 saturated heterocycles. The normalized spacial score (nSPS) is 13.1. The Morgan fingerprint density at radius 2 is 2.17 bits per heavy atom. The van der Waals surface area contributed by atoms with Crippen molar-refractivity contribution in [2.75, 3.05) is 11.9 Å². The number of nitrogens with one attached hydrogen (secondary N) is 1. The van der Waals surface area contributed by atoms with Crippen LogP contribution in [0.25, 0.3) is 0 Å². The number of nitrogens with two attached hydrogens (primary N) is 1. The van der Waals surface area contributed by atoms with Gasteiger partial charge in [0.05, 0.1) is 15.9 Å². The van der Waals surface area contributed by atoms with Crippen LogP contribution in [0.2, 0.25) is 0 Å². The van der Waals surface area contributed by atoms with Gasteiger partial charge in [-0.1, -0.05) is 0 Å². The molecule has 0 aliphatic rings. The van der Waals surface area contributed by atoms with Gasteiger partial charge in [-0.15, -0.1) is 0 Å². The third-order valence-electron chi connectivity index (χ3n) is 2.08. The fourth-order valence-corrected chi connectivity index (χ4v) is 1.78. The summed E-state index contributed by atoms with van der Waals surface area (Å²) in [7, 11) is -3.99. The summed E-state index contributed by atoms with van der Waals surface area (Å²) in [4.78, 5) is 9.75. The van der Waals surface area contributed by atoms with Crippen molar-refractivity contribution in [3.63, 3.8) is 0 Å². The molecule has 0 bridgehead atoms. The summed E-state index contributed by atoms with van der Waals surface area (Å²) in [5.74, 6) is 0. The molecule has 1 unspecified atom stereocenters. The number of sulfonamides is 1. The molecule has 0 amide bonds. The van der Waals surface area contributed by atoms with Gasteiger partial charge < -0.3 is 10.4 Å². The topological polar surface area (TPSA) is 136 Å². The number of aliphatic hydroxyl groups is 1. The molecular formula is C9H13N3O5S. The first kappa shape index (κ1) is 14.4. The van der Waals surface area contributed by atoms with Gasteiger partial charge in [-0.3, -0.25) is 10.1 Å². The average molecular weight is 275 g/mol. The summed E-state index contributed by atoms with van der Waals surface area (Å²) in [6.45, 7) is 1.62. The van der Waals surface area contributed by atoms with E-state index in [2.05, 4.69) is 5.32 Å². The van der Waals surface area contributed by atoms with Crippen LogP contribution in [0.15, 0.2) is 23.1 Å². The van der Waals surface area contributed by atoms with E-state index in [9.17, 15) is 18.5 Å². The standard InChI is InChI=1S/C9H13N3O5S/c1-6(13)5-11-8-3-2-7(18(10,16)17)4-9(8)12(14)15/h2-4,6,11,13H,5H2,1H3,(H2,10,16,17). The number of anilines is 1. The summed E-state index contributed by atoms with van der Waals surface area (Å²) in [6.07, 6.45) is -0.692. The highest BCUT2D eigenvalue weighted by atomic mass is 32.2. The molecule has 8 nitrogen and oxygen atoms in total. The van der Waals surface area contributed by atoms with E-state index in [1.165, 1.54) is 13.0 Å². The lowest BCUT2D eigenvalue weighted by Crippen LogP contribution is -2.17. The van der Waals surface area contributed by atoms with Crippen molar-refractivity contribution in [3.05, 3.63) is 28.3 Å². The third kappa shape index (κ3) is 3.65. The first-order chi connectivity index (χ1) is 8.21. The van der Waals surface area contributed by atoms with E-state index in [4.69, 9.17) is 10.2 Å². The van der Waals surface area contributed by atoms with Crippen LogP contribution in [0.4, 0.5) is 11.4 Å². The molecule has 18 heavy (non-hydrogen) atoms. The highest BCUT2D eigenvalue weighted by molar-refractivity contribution is 7.89. The van der Waals surface area contributed by atoms with E-state index in [0.29, 0.717) is 0 Å². The second-order valence-electron chi connectivity index (χ2n) is 3.71. The molecule has 0 aromatic heterocycles. The number of primary sulfonamides is 1. The minimum absolute atomic E-state index is 0.107. The van der Waals surface area contributed by atoms with Crippen LogP contribution in [-0.2, 0) is 10.0 Å². The number of nitrogens with zero attached hydrogens (tertiary/aromatic N) is 1. The molecule has 1 aromatic carbocycles. The highest BCUT2D eigenvalue weighted by Gasteiger charge is 2.18. The molecule has 0 saturated carbocycles. The zero-order valence-electron chi connectivity index (χ0n) is 9.53. The zero-order valence-corrected chi connectivity index (χ0v) is 10.3. The largest absolute Gasteiger partial charge is 0.392 e. The summed E-state index contributed by atoms with van der Waals surface area (Å²) in [6, 6.07) is 3.27. The van der Waals surface area contributed by atoms with Gasteiger partial charge >= 0.3 is 0 Å². The molecule has 9 heteroatoms. The SMILES string of the molecule is CC(O)CNc1ccc(S(N)(=O)=O)cc1[N+](=O)[O-]. The minimum atomic E-state index is -3.99. The Bertz CT molecular complexity index is 555. The Balaban J connectivity index is 3.17. The number of rotatable bonds is 5. The van der Waals surface area contributed by atoms with Crippen LogP contribution >= 0.6 is 0 Å². The summed E-state index contributed by atoms with van der Waals surface area (Å²) in [5, 5.41) is 27.4. The minimum Gasteiger partial charge on any atom is -0.392 e. The maximum Gasteiger partial charge on any atom is 0.293 e. The van der Waals surface area contributed by atoms with Crippen LogP contribution in [0.1, 0.15) is 6.92 Å². The van der Waals surface area contributed by atoms with Crippen LogP contribution in [-0.4, -0.2) is 31.1 Å². The van der Waals surface area contributed by atoms with Gasteiger partial charge in [-0.2, -0.15) is 0 Å². The monoisotopic (exact) mass is 275 g/mol. The molecule has 0 spiro atoms. The van der Waals surface area contributed by atoms with Crippen molar-refractivity contribution in [1.29, 1.82) is 0 Å².